The summed E-state index contributed by atoms with van der Waals surface area (Å²) in [4.78, 5) is 10.3. The molecule has 0 amide bonds. The van der Waals surface area contributed by atoms with Gasteiger partial charge in [0, 0.05) is 19.3 Å². The molecule has 1 aromatic carbocycles. The Kier molecular flexibility index (Phi) is 4.03. The van der Waals surface area contributed by atoms with Gasteiger partial charge in [0.15, 0.2) is 5.79 Å². The summed E-state index contributed by atoms with van der Waals surface area (Å²) in [6.45, 7) is 0.857. The summed E-state index contributed by atoms with van der Waals surface area (Å²) in [6.07, 6.45) is 4.78. The summed E-state index contributed by atoms with van der Waals surface area (Å²) < 4.78 is 17.3. The Balaban J connectivity index is 1.75. The van der Waals surface area contributed by atoms with Gasteiger partial charge in [0.2, 0.25) is 0 Å². The van der Waals surface area contributed by atoms with Crippen LogP contribution < -0.4 is 0 Å². The largest absolute Gasteiger partial charge is 0.468 e. The summed E-state index contributed by atoms with van der Waals surface area (Å²) in [6, 6.07) is 10.1. The highest BCUT2D eigenvalue weighted by Crippen LogP contribution is 2.47. The van der Waals surface area contributed by atoms with Crippen molar-refractivity contribution < 1.29 is 19.0 Å². The molecule has 0 unspecified atom stereocenters. The zero-order valence-corrected chi connectivity index (χ0v) is 11.5. The number of hydrogen-bond donors (Lipinski definition) is 0. The van der Waals surface area contributed by atoms with Crippen molar-refractivity contribution in [3.63, 3.8) is 0 Å². The van der Waals surface area contributed by atoms with Crippen LogP contribution in [-0.4, -0.2) is 25.0 Å². The molecule has 0 radical (unpaired) electrons. The van der Waals surface area contributed by atoms with E-state index in [0.29, 0.717) is 19.5 Å². The lowest BCUT2D eigenvalue weighted by Gasteiger charge is -2.22. The molecular weight excluding hydrogens is 256 g/mol. The van der Waals surface area contributed by atoms with Crippen LogP contribution in [0.25, 0.3) is 0 Å². The average Bonchev–Trinajstić information content (AvgIpc) is 3.08. The van der Waals surface area contributed by atoms with E-state index < -0.39 is 5.79 Å². The van der Waals surface area contributed by atoms with Crippen molar-refractivity contribution in [2.75, 3.05) is 6.61 Å². The Morgan fingerprint density at radius 2 is 1.95 bits per heavy atom. The maximum Gasteiger partial charge on any atom is 0.293 e. The van der Waals surface area contributed by atoms with Gasteiger partial charge in [-0.05, 0) is 18.4 Å². The third-order valence-electron chi connectivity index (χ3n) is 4.13. The summed E-state index contributed by atoms with van der Waals surface area (Å²) in [5.41, 5.74) is 1.13. The summed E-state index contributed by atoms with van der Waals surface area (Å²) >= 11 is 0. The molecule has 1 saturated heterocycles. The number of hydrogen-bond acceptors (Lipinski definition) is 4. The number of benzene rings is 1. The van der Waals surface area contributed by atoms with Crippen LogP contribution in [0.3, 0.4) is 0 Å². The highest BCUT2D eigenvalue weighted by molar-refractivity contribution is 5.36. The van der Waals surface area contributed by atoms with E-state index in [0.717, 1.165) is 31.2 Å². The van der Waals surface area contributed by atoms with Gasteiger partial charge in [0.25, 0.3) is 6.47 Å². The molecule has 0 aromatic heterocycles. The number of rotatable bonds is 5. The second-order valence-corrected chi connectivity index (χ2v) is 5.48. The van der Waals surface area contributed by atoms with Crippen molar-refractivity contribution in [3.8, 4) is 0 Å². The molecule has 1 heterocycles. The Morgan fingerprint density at radius 1 is 1.20 bits per heavy atom. The van der Waals surface area contributed by atoms with Crippen LogP contribution in [0.1, 0.15) is 43.8 Å². The lowest BCUT2D eigenvalue weighted by Crippen LogP contribution is -2.26. The highest BCUT2D eigenvalue weighted by Gasteiger charge is 2.49. The molecule has 1 spiro atoms. The zero-order valence-electron chi connectivity index (χ0n) is 11.5. The van der Waals surface area contributed by atoms with Gasteiger partial charge in [-0.15, -0.1) is 0 Å². The van der Waals surface area contributed by atoms with Crippen LogP contribution in [0, 0.1) is 0 Å². The van der Waals surface area contributed by atoms with E-state index in [4.69, 9.17) is 14.2 Å². The first kappa shape index (κ1) is 13.6. The van der Waals surface area contributed by atoms with Gasteiger partial charge >= 0.3 is 0 Å². The van der Waals surface area contributed by atoms with Crippen LogP contribution in [0.2, 0.25) is 0 Å². The fourth-order valence-electron chi connectivity index (χ4n) is 3.19. The van der Waals surface area contributed by atoms with Crippen molar-refractivity contribution in [1.29, 1.82) is 0 Å². The normalized spacial score (nSPS) is 27.8. The summed E-state index contributed by atoms with van der Waals surface area (Å²) in [5.74, 6) is -0.410. The molecule has 108 valence electrons. The second-order valence-electron chi connectivity index (χ2n) is 5.48. The molecular formula is C16H20O4. The quantitative estimate of drug-likeness (QED) is 0.612. The lowest BCUT2D eigenvalue weighted by molar-refractivity contribution is -0.170. The topological polar surface area (TPSA) is 44.8 Å². The monoisotopic (exact) mass is 276 g/mol. The first-order valence-corrected chi connectivity index (χ1v) is 7.29. The van der Waals surface area contributed by atoms with Crippen LogP contribution in [-0.2, 0) is 19.0 Å². The van der Waals surface area contributed by atoms with Crippen molar-refractivity contribution in [3.05, 3.63) is 35.9 Å². The third kappa shape index (κ3) is 2.72. The molecule has 20 heavy (non-hydrogen) atoms. The van der Waals surface area contributed by atoms with E-state index >= 15 is 0 Å². The predicted molar refractivity (Wildman–Crippen MR) is 73.0 cm³/mol. The van der Waals surface area contributed by atoms with E-state index in [2.05, 4.69) is 12.1 Å². The van der Waals surface area contributed by atoms with Gasteiger partial charge in [-0.25, -0.2) is 0 Å². The van der Waals surface area contributed by atoms with Crippen molar-refractivity contribution in [1.82, 2.24) is 0 Å². The average molecular weight is 276 g/mol. The maximum atomic E-state index is 10.3. The molecule has 2 aliphatic rings. The molecule has 4 nitrogen and oxygen atoms in total. The number of carbonyl (C=O) groups is 1. The zero-order chi connectivity index (χ0) is 13.8. The van der Waals surface area contributed by atoms with E-state index in [-0.39, 0.29) is 12.2 Å². The molecule has 3 rings (SSSR count). The fraction of sp³-hybridized carbons (Fsp3) is 0.562. The van der Waals surface area contributed by atoms with E-state index in [1.807, 2.05) is 18.2 Å². The third-order valence-corrected chi connectivity index (χ3v) is 4.13. The van der Waals surface area contributed by atoms with Crippen molar-refractivity contribution in [2.24, 2.45) is 0 Å². The van der Waals surface area contributed by atoms with Gasteiger partial charge in [0.1, 0.15) is 6.10 Å². The minimum absolute atomic E-state index is 0.0459. The van der Waals surface area contributed by atoms with Gasteiger partial charge in [-0.1, -0.05) is 30.3 Å². The molecule has 2 atom stereocenters. The van der Waals surface area contributed by atoms with Crippen molar-refractivity contribution >= 4 is 6.47 Å². The van der Waals surface area contributed by atoms with E-state index in [9.17, 15) is 4.79 Å². The minimum Gasteiger partial charge on any atom is -0.468 e. The van der Waals surface area contributed by atoms with Crippen LogP contribution in [0.5, 0.6) is 0 Å². The number of carbonyl (C=O) groups excluding carboxylic acids is 1. The Bertz CT molecular complexity index is 439. The van der Waals surface area contributed by atoms with E-state index in [1.165, 1.54) is 0 Å². The molecule has 0 bridgehead atoms. The predicted octanol–water partition coefficient (Wildman–Crippen LogP) is 2.98. The van der Waals surface area contributed by atoms with Gasteiger partial charge in [-0.3, -0.25) is 4.79 Å². The van der Waals surface area contributed by atoms with E-state index in [1.54, 1.807) is 0 Å². The van der Waals surface area contributed by atoms with Crippen LogP contribution in [0.4, 0.5) is 0 Å². The maximum absolute atomic E-state index is 10.3. The second kappa shape index (κ2) is 5.94. The van der Waals surface area contributed by atoms with Gasteiger partial charge in [-0.2, -0.15) is 0 Å². The van der Waals surface area contributed by atoms with Gasteiger partial charge in [0.05, 0.1) is 12.7 Å². The number of ether oxygens (including phenoxy) is 3. The molecule has 1 aromatic rings. The Hall–Kier alpha value is -1.39. The van der Waals surface area contributed by atoms with Crippen LogP contribution in [0.15, 0.2) is 30.3 Å². The van der Waals surface area contributed by atoms with Crippen molar-refractivity contribution in [2.45, 2.75) is 50.1 Å². The fourth-order valence-corrected chi connectivity index (χ4v) is 3.19. The van der Waals surface area contributed by atoms with Gasteiger partial charge < -0.3 is 14.2 Å². The highest BCUT2D eigenvalue weighted by atomic mass is 16.8. The Labute approximate surface area is 119 Å². The first-order chi connectivity index (χ1) is 9.83. The summed E-state index contributed by atoms with van der Waals surface area (Å²) in [7, 11) is 0. The molecule has 0 N–H and O–H groups in total. The van der Waals surface area contributed by atoms with Crippen LogP contribution >= 0.6 is 0 Å². The summed E-state index contributed by atoms with van der Waals surface area (Å²) in [5, 5.41) is 0. The molecule has 1 aliphatic carbocycles. The molecule has 1 aliphatic heterocycles. The standard InChI is InChI=1S/C16H20O4/c17-12-18-11-8-14-15(13-6-2-1-3-7-13)20-16(19-14)9-4-5-10-16/h1-3,6-7,12,14-15H,4-5,8-11H2/t14-,15-/m1/s1. The Morgan fingerprint density at radius 3 is 2.65 bits per heavy atom. The minimum atomic E-state index is -0.410. The first-order valence-electron chi connectivity index (χ1n) is 7.29. The lowest BCUT2D eigenvalue weighted by atomic mass is 10.0. The molecule has 1 saturated carbocycles. The molecule has 4 heteroatoms. The molecule has 2 fully saturated rings. The smallest absolute Gasteiger partial charge is 0.293 e. The SMILES string of the molecule is O=COCC[C@H]1OC2(CCCC2)O[C@@H]1c1ccccc1.